The van der Waals surface area contributed by atoms with Gasteiger partial charge >= 0.3 is 0 Å². The smallest absolute Gasteiger partial charge is 0.255 e. The minimum absolute atomic E-state index is 0.105. The van der Waals surface area contributed by atoms with Gasteiger partial charge < -0.3 is 15.1 Å². The van der Waals surface area contributed by atoms with E-state index in [9.17, 15) is 13.6 Å². The van der Waals surface area contributed by atoms with Gasteiger partial charge in [-0.05, 0) is 60.3 Å². The summed E-state index contributed by atoms with van der Waals surface area (Å²) in [6.07, 6.45) is 0. The topological polar surface area (TPSA) is 79.2 Å². The van der Waals surface area contributed by atoms with E-state index < -0.39 is 17.5 Å². The summed E-state index contributed by atoms with van der Waals surface area (Å²) in [5, 5.41) is 13.7. The average Bonchev–Trinajstić information content (AvgIpc) is 3.20. The molecule has 8 nitrogen and oxygen atoms in total. The number of aromatic nitrogens is 4. The molecule has 1 saturated heterocycles. The van der Waals surface area contributed by atoms with E-state index in [-0.39, 0.29) is 11.3 Å². The van der Waals surface area contributed by atoms with Crippen LogP contribution in [0.25, 0.3) is 5.69 Å². The molecule has 4 rings (SSSR count). The van der Waals surface area contributed by atoms with Gasteiger partial charge in [-0.15, -0.1) is 5.10 Å². The van der Waals surface area contributed by atoms with Gasteiger partial charge in [0.2, 0.25) is 0 Å². The summed E-state index contributed by atoms with van der Waals surface area (Å²) in [7, 11) is 0. The summed E-state index contributed by atoms with van der Waals surface area (Å²) in [6.45, 7) is 7.97. The quantitative estimate of drug-likeness (QED) is 0.675. The fourth-order valence-corrected chi connectivity index (χ4v) is 3.62. The number of nitrogens with one attached hydrogen (secondary N) is 1. The molecule has 2 heterocycles. The van der Waals surface area contributed by atoms with Gasteiger partial charge in [0, 0.05) is 37.4 Å². The van der Waals surface area contributed by atoms with Crippen LogP contribution in [0.1, 0.15) is 23.1 Å². The highest BCUT2D eigenvalue weighted by Gasteiger charge is 2.20. The number of anilines is 2. The molecule has 10 heteroatoms. The fourth-order valence-electron chi connectivity index (χ4n) is 3.62. The second kappa shape index (κ2) is 8.76. The number of aryl methyl sites for hydroxylation is 1. The number of carbonyl (C=O) groups excluding carboxylic acids is 1. The number of carbonyl (C=O) groups is 1. The Kier molecular flexibility index (Phi) is 5.90. The zero-order valence-electron chi connectivity index (χ0n) is 17.3. The van der Waals surface area contributed by atoms with Crippen LogP contribution in [0.4, 0.5) is 20.2 Å². The standard InChI is InChI=1S/C21H23F2N7O/c1-3-28-8-10-29(11-9-28)19-7-4-15(12-18(19)23)21(31)24-16-5-6-17(22)20(13-16)30-14(2)25-26-27-30/h4-7,12-13H,3,8-11H2,1-2H3,(H,24,31). The number of likely N-dealkylation sites (N-methyl/N-ethyl adjacent to an activating group) is 1. The molecule has 0 bridgehead atoms. The van der Waals surface area contributed by atoms with Gasteiger partial charge in [0.25, 0.3) is 5.91 Å². The van der Waals surface area contributed by atoms with Crippen LogP contribution in [0.3, 0.4) is 0 Å². The summed E-state index contributed by atoms with van der Waals surface area (Å²) in [5.74, 6) is -1.07. The van der Waals surface area contributed by atoms with Gasteiger partial charge in [0.05, 0.1) is 5.69 Å². The minimum Gasteiger partial charge on any atom is -0.367 e. The number of halogens is 2. The molecule has 0 spiro atoms. The Balaban J connectivity index is 1.49. The summed E-state index contributed by atoms with van der Waals surface area (Å²) in [4.78, 5) is 16.9. The molecule has 0 atom stereocenters. The largest absolute Gasteiger partial charge is 0.367 e. The van der Waals surface area contributed by atoms with E-state index in [1.807, 2.05) is 4.90 Å². The number of rotatable bonds is 5. The van der Waals surface area contributed by atoms with Gasteiger partial charge in [0.15, 0.2) is 5.82 Å². The van der Waals surface area contributed by atoms with Gasteiger partial charge in [-0.2, -0.15) is 4.68 Å². The first-order valence-corrected chi connectivity index (χ1v) is 10.1. The molecular weight excluding hydrogens is 404 g/mol. The molecule has 1 amide bonds. The van der Waals surface area contributed by atoms with Gasteiger partial charge in [-0.1, -0.05) is 6.92 Å². The SMILES string of the molecule is CCN1CCN(c2ccc(C(=O)Nc3ccc(F)c(-n4nnnc4C)c3)cc2F)CC1. The van der Waals surface area contributed by atoms with Gasteiger partial charge in [0.1, 0.15) is 17.3 Å². The van der Waals surface area contributed by atoms with Crippen LogP contribution in [0.5, 0.6) is 0 Å². The molecule has 1 aliphatic heterocycles. The fraction of sp³-hybridized carbons (Fsp3) is 0.333. The molecule has 3 aromatic rings. The highest BCUT2D eigenvalue weighted by molar-refractivity contribution is 6.04. The van der Waals surface area contributed by atoms with Gasteiger partial charge in [-0.25, -0.2) is 8.78 Å². The second-order valence-corrected chi connectivity index (χ2v) is 7.35. The Hall–Kier alpha value is -3.40. The van der Waals surface area contributed by atoms with Crippen LogP contribution in [-0.2, 0) is 0 Å². The highest BCUT2D eigenvalue weighted by Crippen LogP contribution is 2.24. The molecule has 162 valence electrons. The number of nitrogens with zero attached hydrogens (tertiary/aromatic N) is 6. The van der Waals surface area contributed by atoms with Crippen molar-refractivity contribution in [2.45, 2.75) is 13.8 Å². The van der Waals surface area contributed by atoms with Crippen LogP contribution in [-0.4, -0.2) is 63.7 Å². The Bertz CT molecular complexity index is 1090. The van der Waals surface area contributed by atoms with Crippen LogP contribution in [0.2, 0.25) is 0 Å². The maximum absolute atomic E-state index is 14.7. The van der Waals surface area contributed by atoms with E-state index in [1.54, 1.807) is 19.1 Å². The normalized spacial score (nSPS) is 14.6. The predicted octanol–water partition coefficient (Wildman–Crippen LogP) is 2.64. The van der Waals surface area contributed by atoms with Crippen molar-refractivity contribution < 1.29 is 13.6 Å². The third-order valence-electron chi connectivity index (χ3n) is 5.43. The Morgan fingerprint density at radius 3 is 2.45 bits per heavy atom. The Labute approximate surface area is 178 Å². The number of hydrogen-bond donors (Lipinski definition) is 1. The van der Waals surface area contributed by atoms with Crippen LogP contribution < -0.4 is 10.2 Å². The van der Waals surface area contributed by atoms with Crippen molar-refractivity contribution in [3.8, 4) is 5.69 Å². The van der Waals surface area contributed by atoms with E-state index >= 15 is 0 Å². The van der Waals surface area contributed by atoms with E-state index in [2.05, 4.69) is 32.7 Å². The minimum atomic E-state index is -0.535. The molecule has 31 heavy (non-hydrogen) atoms. The average molecular weight is 427 g/mol. The third kappa shape index (κ3) is 4.38. The number of hydrogen-bond acceptors (Lipinski definition) is 6. The molecule has 0 unspecified atom stereocenters. The summed E-state index contributed by atoms with van der Waals surface area (Å²) < 4.78 is 30.2. The van der Waals surface area contributed by atoms with Crippen LogP contribution >= 0.6 is 0 Å². The molecule has 0 radical (unpaired) electrons. The van der Waals surface area contributed by atoms with E-state index in [0.29, 0.717) is 17.2 Å². The lowest BCUT2D eigenvalue weighted by molar-refractivity contribution is 0.102. The molecule has 1 N–H and O–H groups in total. The summed E-state index contributed by atoms with van der Waals surface area (Å²) in [6, 6.07) is 8.52. The lowest BCUT2D eigenvalue weighted by Crippen LogP contribution is -2.46. The number of piperazine rings is 1. The van der Waals surface area contributed by atoms with Crippen LogP contribution in [0.15, 0.2) is 36.4 Å². The maximum atomic E-state index is 14.7. The Morgan fingerprint density at radius 1 is 1.03 bits per heavy atom. The zero-order valence-corrected chi connectivity index (χ0v) is 17.3. The van der Waals surface area contributed by atoms with E-state index in [0.717, 1.165) is 32.7 Å². The molecule has 1 aromatic heterocycles. The van der Waals surface area contributed by atoms with Crippen molar-refractivity contribution in [2.75, 3.05) is 42.9 Å². The first-order valence-electron chi connectivity index (χ1n) is 10.1. The Morgan fingerprint density at radius 2 is 1.81 bits per heavy atom. The van der Waals surface area contributed by atoms with Crippen molar-refractivity contribution >= 4 is 17.3 Å². The van der Waals surface area contributed by atoms with Crippen molar-refractivity contribution in [3.05, 3.63) is 59.4 Å². The second-order valence-electron chi connectivity index (χ2n) is 7.35. The number of amides is 1. The maximum Gasteiger partial charge on any atom is 0.255 e. The molecule has 0 saturated carbocycles. The van der Waals surface area contributed by atoms with Crippen molar-refractivity contribution in [1.82, 2.24) is 25.1 Å². The summed E-state index contributed by atoms with van der Waals surface area (Å²) in [5.41, 5.74) is 1.12. The highest BCUT2D eigenvalue weighted by atomic mass is 19.1. The third-order valence-corrected chi connectivity index (χ3v) is 5.43. The monoisotopic (exact) mass is 427 g/mol. The number of tetrazole rings is 1. The van der Waals surface area contributed by atoms with Crippen LogP contribution in [0, 0.1) is 18.6 Å². The molecule has 1 aliphatic rings. The number of benzene rings is 2. The summed E-state index contributed by atoms with van der Waals surface area (Å²) >= 11 is 0. The van der Waals surface area contributed by atoms with E-state index in [4.69, 9.17) is 0 Å². The molecular formula is C21H23F2N7O. The lowest BCUT2D eigenvalue weighted by Gasteiger charge is -2.35. The van der Waals surface area contributed by atoms with Gasteiger partial charge in [-0.3, -0.25) is 4.79 Å². The van der Waals surface area contributed by atoms with Crippen molar-refractivity contribution in [1.29, 1.82) is 0 Å². The van der Waals surface area contributed by atoms with E-state index in [1.165, 1.54) is 28.9 Å². The predicted molar refractivity (Wildman–Crippen MR) is 113 cm³/mol. The molecule has 0 aliphatic carbocycles. The molecule has 2 aromatic carbocycles. The molecule has 1 fully saturated rings. The lowest BCUT2D eigenvalue weighted by atomic mass is 10.1. The first kappa shape index (κ1) is 20.9. The first-order chi connectivity index (χ1) is 15.0. The van der Waals surface area contributed by atoms with Crippen molar-refractivity contribution in [2.24, 2.45) is 0 Å². The van der Waals surface area contributed by atoms with Crippen molar-refractivity contribution in [3.63, 3.8) is 0 Å². The zero-order chi connectivity index (χ0) is 22.0.